The summed E-state index contributed by atoms with van der Waals surface area (Å²) in [7, 11) is 0. The van der Waals surface area contributed by atoms with Gasteiger partial charge in [0, 0.05) is 29.0 Å². The molecule has 1 atom stereocenters. The minimum Gasteiger partial charge on any atom is -0.459 e. The normalized spacial score (nSPS) is 22.7. The van der Waals surface area contributed by atoms with Crippen molar-refractivity contribution in [3.8, 4) is 11.5 Å². The van der Waals surface area contributed by atoms with Crippen LogP contribution in [0, 0.1) is 10.1 Å². The van der Waals surface area contributed by atoms with Crippen LogP contribution in [0.4, 0.5) is 5.69 Å². The van der Waals surface area contributed by atoms with E-state index in [1.54, 1.807) is 6.92 Å². The van der Waals surface area contributed by atoms with E-state index in [0.717, 1.165) is 37.8 Å². The van der Waals surface area contributed by atoms with E-state index in [-0.39, 0.29) is 41.3 Å². The predicted molar refractivity (Wildman–Crippen MR) is 117 cm³/mol. The topological polar surface area (TPSA) is 117 Å². The van der Waals surface area contributed by atoms with Gasteiger partial charge in [0.25, 0.3) is 5.69 Å². The van der Waals surface area contributed by atoms with Crippen LogP contribution in [0.1, 0.15) is 69.8 Å². The summed E-state index contributed by atoms with van der Waals surface area (Å²) in [6.45, 7) is 1.71. The first-order valence-electron chi connectivity index (χ1n) is 11.5. The average molecular weight is 454 g/mol. The minimum atomic E-state index is -0.903. The van der Waals surface area contributed by atoms with Gasteiger partial charge >= 0.3 is 5.97 Å². The van der Waals surface area contributed by atoms with E-state index in [1.165, 1.54) is 12.1 Å². The lowest BCUT2D eigenvalue weighted by Crippen LogP contribution is -2.35. The fourth-order valence-electron chi connectivity index (χ4n) is 5.30. The van der Waals surface area contributed by atoms with E-state index < -0.39 is 16.8 Å². The second-order valence-electron chi connectivity index (χ2n) is 8.95. The quantitative estimate of drug-likeness (QED) is 0.409. The summed E-state index contributed by atoms with van der Waals surface area (Å²) in [6.07, 6.45) is 6.19. The van der Waals surface area contributed by atoms with Crippen LogP contribution in [0.5, 0.6) is 11.5 Å². The van der Waals surface area contributed by atoms with Gasteiger partial charge in [0.15, 0.2) is 17.3 Å². The first-order chi connectivity index (χ1) is 15.9. The maximum absolute atomic E-state index is 13.5. The van der Waals surface area contributed by atoms with Crippen molar-refractivity contribution in [2.24, 2.45) is 0 Å². The summed E-state index contributed by atoms with van der Waals surface area (Å²) in [4.78, 5) is 38.1. The molecule has 9 nitrogen and oxygen atoms in total. The van der Waals surface area contributed by atoms with Crippen molar-refractivity contribution in [1.29, 1.82) is 0 Å². The van der Waals surface area contributed by atoms with Gasteiger partial charge in [-0.05, 0) is 51.5 Å². The van der Waals surface area contributed by atoms with Gasteiger partial charge in [0.1, 0.15) is 6.10 Å². The molecule has 0 radical (unpaired) electrons. The summed E-state index contributed by atoms with van der Waals surface area (Å²) in [5, 5.41) is 15.3. The first-order valence-corrected chi connectivity index (χ1v) is 11.5. The Morgan fingerprint density at radius 3 is 2.58 bits per heavy atom. The Morgan fingerprint density at radius 1 is 1.12 bits per heavy atom. The van der Waals surface area contributed by atoms with Gasteiger partial charge in [-0.2, -0.15) is 0 Å². The molecule has 2 aliphatic carbocycles. The third kappa shape index (κ3) is 3.85. The van der Waals surface area contributed by atoms with E-state index in [1.807, 2.05) is 0 Å². The van der Waals surface area contributed by atoms with Crippen molar-refractivity contribution in [3.05, 3.63) is 50.4 Å². The number of nitrogens with zero attached hydrogens (tertiary/aromatic N) is 1. The molecule has 0 amide bonds. The third-order valence-corrected chi connectivity index (χ3v) is 6.85. The molecule has 0 spiro atoms. The summed E-state index contributed by atoms with van der Waals surface area (Å²) >= 11 is 0. The number of fused-ring (bicyclic) bond motifs is 1. The lowest BCUT2D eigenvalue weighted by atomic mass is 9.74. The first kappa shape index (κ1) is 21.5. The number of esters is 1. The number of carbonyl (C=O) groups is 2. The molecule has 1 fully saturated rings. The summed E-state index contributed by atoms with van der Waals surface area (Å²) in [5.74, 6) is -0.919. The van der Waals surface area contributed by atoms with Gasteiger partial charge < -0.3 is 19.5 Å². The van der Waals surface area contributed by atoms with Gasteiger partial charge in [-0.25, -0.2) is 4.79 Å². The zero-order valence-corrected chi connectivity index (χ0v) is 18.5. The third-order valence-electron chi connectivity index (χ3n) is 6.85. The Morgan fingerprint density at radius 2 is 1.85 bits per heavy atom. The highest BCUT2D eigenvalue weighted by Gasteiger charge is 2.43. The highest BCUT2D eigenvalue weighted by molar-refractivity contribution is 6.04. The zero-order chi connectivity index (χ0) is 23.1. The standard InChI is InChI=1S/C24H26N2O7/c1-13-21(24(28)33-14-6-3-2-4-7-14)22(23-16(25-13)8-5-9-18(23)27)15-10-19-20(32-12-31-19)11-17(15)26(29)30/h10-11,14,22,25H,2-9,12H2,1H3/t22-/m1/s1. The van der Waals surface area contributed by atoms with Crippen LogP contribution in [-0.2, 0) is 14.3 Å². The molecule has 5 rings (SSSR count). The maximum atomic E-state index is 13.5. The van der Waals surface area contributed by atoms with Gasteiger partial charge in [0.05, 0.1) is 22.5 Å². The van der Waals surface area contributed by atoms with Crippen molar-refractivity contribution in [2.45, 2.75) is 70.3 Å². The molecular weight excluding hydrogens is 428 g/mol. The molecule has 1 saturated carbocycles. The van der Waals surface area contributed by atoms with Gasteiger partial charge in [-0.3, -0.25) is 14.9 Å². The Bertz CT molecular complexity index is 1100. The van der Waals surface area contributed by atoms with Gasteiger partial charge in [-0.15, -0.1) is 0 Å². The second-order valence-corrected chi connectivity index (χ2v) is 8.95. The second kappa shape index (κ2) is 8.53. The number of ketones is 1. The Labute approximate surface area is 190 Å². The Kier molecular flexibility index (Phi) is 5.55. The Balaban J connectivity index is 1.64. The number of carbonyl (C=O) groups excluding carboxylic acids is 2. The molecule has 2 heterocycles. The van der Waals surface area contributed by atoms with Crippen molar-refractivity contribution < 1.29 is 28.7 Å². The van der Waals surface area contributed by atoms with Crippen molar-refractivity contribution in [3.63, 3.8) is 0 Å². The number of nitro groups is 1. The van der Waals surface area contributed by atoms with Crippen LogP contribution < -0.4 is 14.8 Å². The van der Waals surface area contributed by atoms with Crippen molar-refractivity contribution in [1.82, 2.24) is 5.32 Å². The number of benzene rings is 1. The van der Waals surface area contributed by atoms with Crippen LogP contribution in [-0.4, -0.2) is 29.6 Å². The van der Waals surface area contributed by atoms with E-state index >= 15 is 0 Å². The molecular formula is C24H26N2O7. The van der Waals surface area contributed by atoms with Crippen LogP contribution in [0.15, 0.2) is 34.7 Å². The summed E-state index contributed by atoms with van der Waals surface area (Å²) < 4.78 is 16.7. The summed E-state index contributed by atoms with van der Waals surface area (Å²) in [6, 6.07) is 2.84. The van der Waals surface area contributed by atoms with E-state index in [2.05, 4.69) is 5.32 Å². The monoisotopic (exact) mass is 454 g/mol. The number of nitro benzene ring substituents is 1. The molecule has 0 bridgehead atoms. The number of Topliss-reactive ketones (excluding diaryl/α,β-unsaturated/α-hetero) is 1. The van der Waals surface area contributed by atoms with Crippen LogP contribution >= 0.6 is 0 Å². The van der Waals surface area contributed by atoms with E-state index in [9.17, 15) is 19.7 Å². The molecule has 2 aliphatic heterocycles. The number of rotatable bonds is 4. The highest BCUT2D eigenvalue weighted by atomic mass is 16.7. The molecule has 33 heavy (non-hydrogen) atoms. The number of hydrogen-bond donors (Lipinski definition) is 1. The molecule has 4 aliphatic rings. The Hall–Kier alpha value is -3.36. The van der Waals surface area contributed by atoms with Crippen LogP contribution in [0.25, 0.3) is 0 Å². The summed E-state index contributed by atoms with van der Waals surface area (Å²) in [5.41, 5.74) is 1.95. The lowest BCUT2D eigenvalue weighted by molar-refractivity contribution is -0.385. The number of hydrogen-bond acceptors (Lipinski definition) is 8. The van der Waals surface area contributed by atoms with Crippen LogP contribution in [0.3, 0.4) is 0 Å². The van der Waals surface area contributed by atoms with E-state index in [4.69, 9.17) is 14.2 Å². The predicted octanol–water partition coefficient (Wildman–Crippen LogP) is 4.17. The van der Waals surface area contributed by atoms with Crippen molar-refractivity contribution in [2.75, 3.05) is 6.79 Å². The molecule has 0 aromatic heterocycles. The smallest absolute Gasteiger partial charge is 0.337 e. The van der Waals surface area contributed by atoms with Crippen molar-refractivity contribution >= 4 is 17.4 Å². The molecule has 0 saturated heterocycles. The number of nitrogens with one attached hydrogen (secondary N) is 1. The van der Waals surface area contributed by atoms with Gasteiger partial charge in [-0.1, -0.05) is 6.42 Å². The fourth-order valence-corrected chi connectivity index (χ4v) is 5.30. The lowest BCUT2D eigenvalue weighted by Gasteiger charge is -2.34. The average Bonchev–Trinajstić information content (AvgIpc) is 3.25. The van der Waals surface area contributed by atoms with Gasteiger partial charge in [0.2, 0.25) is 6.79 Å². The van der Waals surface area contributed by atoms with Crippen LogP contribution in [0.2, 0.25) is 0 Å². The molecule has 0 unspecified atom stereocenters. The minimum absolute atomic E-state index is 0.0412. The fraction of sp³-hybridized carbons (Fsp3) is 0.500. The highest BCUT2D eigenvalue weighted by Crippen LogP contribution is 2.49. The molecule has 9 heteroatoms. The SMILES string of the molecule is CC1=C(C(=O)OC2CCCCC2)[C@@H](c2cc3c(cc2[N+](=O)[O-])OCO3)C2=C(CCCC2=O)N1. The molecule has 1 N–H and O–H groups in total. The number of allylic oxidation sites excluding steroid dienone is 3. The van der Waals surface area contributed by atoms with E-state index in [0.29, 0.717) is 36.3 Å². The largest absolute Gasteiger partial charge is 0.459 e. The maximum Gasteiger partial charge on any atom is 0.337 e. The number of ether oxygens (including phenoxy) is 3. The molecule has 1 aromatic rings. The number of dihydropyridines is 1. The molecule has 1 aromatic carbocycles. The molecule has 174 valence electrons. The zero-order valence-electron chi connectivity index (χ0n) is 18.5.